The summed E-state index contributed by atoms with van der Waals surface area (Å²) in [5.74, 6) is -0.574. The summed E-state index contributed by atoms with van der Waals surface area (Å²) in [4.78, 5) is 11.9. The second-order valence-corrected chi connectivity index (χ2v) is 5.12. The average Bonchev–Trinajstić information content (AvgIpc) is 2.48. The van der Waals surface area contributed by atoms with Gasteiger partial charge in [0.25, 0.3) is 0 Å². The molecule has 0 aliphatic heterocycles. The number of hydrogen-bond acceptors (Lipinski definition) is 4. The van der Waals surface area contributed by atoms with E-state index in [9.17, 15) is 9.18 Å². The molecule has 0 bridgehead atoms. The molecule has 0 amide bonds. The van der Waals surface area contributed by atoms with Crippen molar-refractivity contribution in [3.63, 3.8) is 0 Å². The fourth-order valence-electron chi connectivity index (χ4n) is 1.72. The Labute approximate surface area is 129 Å². The maximum atomic E-state index is 13.1. The van der Waals surface area contributed by atoms with Crippen LogP contribution in [0.25, 0.3) is 0 Å². The van der Waals surface area contributed by atoms with E-state index in [0.29, 0.717) is 5.75 Å². The number of carbonyl (C=O) groups excluding carboxylic acids is 1. The Morgan fingerprint density at radius 2 is 2.05 bits per heavy atom. The van der Waals surface area contributed by atoms with Crippen LogP contribution in [0.15, 0.2) is 40.9 Å². The Morgan fingerprint density at radius 1 is 1.29 bits per heavy atom. The molecule has 2 aromatic carbocycles. The van der Waals surface area contributed by atoms with E-state index in [4.69, 9.17) is 15.2 Å². The molecule has 0 aliphatic rings. The minimum absolute atomic E-state index is 0.00835. The maximum Gasteiger partial charge on any atom is 0.340 e. The van der Waals surface area contributed by atoms with Gasteiger partial charge in [-0.2, -0.15) is 0 Å². The summed E-state index contributed by atoms with van der Waals surface area (Å²) in [5, 5.41) is 0. The van der Waals surface area contributed by atoms with Crippen molar-refractivity contribution in [1.29, 1.82) is 0 Å². The van der Waals surface area contributed by atoms with Crippen molar-refractivity contribution in [3.8, 4) is 5.75 Å². The van der Waals surface area contributed by atoms with E-state index in [1.807, 2.05) is 0 Å². The number of rotatable bonds is 4. The first-order valence-electron chi connectivity index (χ1n) is 6.06. The smallest absolute Gasteiger partial charge is 0.340 e. The molecule has 0 radical (unpaired) electrons. The Kier molecular flexibility index (Phi) is 4.80. The summed E-state index contributed by atoms with van der Waals surface area (Å²) in [7, 11) is 1.55. The highest BCUT2D eigenvalue weighted by atomic mass is 79.9. The Balaban J connectivity index is 2.12. The van der Waals surface area contributed by atoms with Gasteiger partial charge >= 0.3 is 5.97 Å². The molecule has 0 unspecified atom stereocenters. The predicted octanol–water partition coefficient (Wildman–Crippen LogP) is 3.54. The second kappa shape index (κ2) is 6.58. The van der Waals surface area contributed by atoms with Crippen LogP contribution >= 0.6 is 15.9 Å². The molecule has 110 valence electrons. The Morgan fingerprint density at radius 3 is 2.76 bits per heavy atom. The summed E-state index contributed by atoms with van der Waals surface area (Å²) in [6.45, 7) is 0.0204. The molecule has 0 fully saturated rings. The van der Waals surface area contributed by atoms with E-state index in [2.05, 4.69) is 15.9 Å². The zero-order valence-corrected chi connectivity index (χ0v) is 12.8. The molecular formula is C15H13BrFNO3. The number of anilines is 1. The highest BCUT2D eigenvalue weighted by Gasteiger charge is 2.13. The summed E-state index contributed by atoms with van der Waals surface area (Å²) in [6, 6.07) is 8.88. The van der Waals surface area contributed by atoms with Crippen molar-refractivity contribution < 1.29 is 18.7 Å². The monoisotopic (exact) mass is 353 g/mol. The molecule has 2 N–H and O–H groups in total. The van der Waals surface area contributed by atoms with Gasteiger partial charge in [-0.15, -0.1) is 0 Å². The van der Waals surface area contributed by atoms with Crippen LogP contribution in [0.2, 0.25) is 0 Å². The van der Waals surface area contributed by atoms with Crippen molar-refractivity contribution >= 4 is 27.6 Å². The molecule has 0 atom stereocenters. The summed E-state index contributed by atoms with van der Waals surface area (Å²) >= 11 is 3.36. The van der Waals surface area contributed by atoms with Gasteiger partial charge in [0.05, 0.1) is 12.7 Å². The van der Waals surface area contributed by atoms with Gasteiger partial charge in [0.2, 0.25) is 0 Å². The minimum atomic E-state index is -0.679. The SMILES string of the molecule is COc1ccc(Br)c(COC(=O)c2cc(F)ccc2N)c1. The van der Waals surface area contributed by atoms with Gasteiger partial charge in [-0.3, -0.25) is 0 Å². The number of esters is 1. The molecule has 0 aromatic heterocycles. The zero-order valence-electron chi connectivity index (χ0n) is 11.2. The lowest BCUT2D eigenvalue weighted by molar-refractivity contribution is 0.0472. The number of halogens is 2. The van der Waals surface area contributed by atoms with E-state index in [1.54, 1.807) is 25.3 Å². The van der Waals surface area contributed by atoms with Crippen LogP contribution in [0.3, 0.4) is 0 Å². The molecule has 0 spiro atoms. The normalized spacial score (nSPS) is 10.2. The molecule has 0 heterocycles. The van der Waals surface area contributed by atoms with Crippen LogP contribution in [0.5, 0.6) is 5.75 Å². The average molecular weight is 354 g/mol. The van der Waals surface area contributed by atoms with E-state index in [0.717, 1.165) is 16.1 Å². The fourth-order valence-corrected chi connectivity index (χ4v) is 2.08. The number of ether oxygens (including phenoxy) is 2. The number of methoxy groups -OCH3 is 1. The lowest BCUT2D eigenvalue weighted by atomic mass is 10.2. The van der Waals surface area contributed by atoms with Crippen molar-refractivity contribution in [2.45, 2.75) is 6.61 Å². The van der Waals surface area contributed by atoms with E-state index in [-0.39, 0.29) is 17.9 Å². The van der Waals surface area contributed by atoms with E-state index < -0.39 is 11.8 Å². The topological polar surface area (TPSA) is 61.5 Å². The summed E-state index contributed by atoms with van der Waals surface area (Å²) in [6.07, 6.45) is 0. The number of nitrogens with two attached hydrogens (primary N) is 1. The first kappa shape index (κ1) is 15.3. The van der Waals surface area contributed by atoms with Crippen LogP contribution in [0, 0.1) is 5.82 Å². The number of hydrogen-bond donors (Lipinski definition) is 1. The molecule has 2 aromatic rings. The van der Waals surface area contributed by atoms with Gasteiger partial charge in [0, 0.05) is 15.7 Å². The predicted molar refractivity (Wildman–Crippen MR) is 80.6 cm³/mol. The molecule has 4 nitrogen and oxygen atoms in total. The zero-order chi connectivity index (χ0) is 15.4. The molecule has 0 saturated carbocycles. The lowest BCUT2D eigenvalue weighted by Gasteiger charge is -2.10. The van der Waals surface area contributed by atoms with Gasteiger partial charge < -0.3 is 15.2 Å². The van der Waals surface area contributed by atoms with Crippen molar-refractivity contribution in [1.82, 2.24) is 0 Å². The van der Waals surface area contributed by atoms with Crippen molar-refractivity contribution in [2.24, 2.45) is 0 Å². The highest BCUT2D eigenvalue weighted by molar-refractivity contribution is 9.10. The van der Waals surface area contributed by atoms with Crippen molar-refractivity contribution in [2.75, 3.05) is 12.8 Å². The van der Waals surface area contributed by atoms with Crippen LogP contribution in [-0.4, -0.2) is 13.1 Å². The molecule has 0 saturated heterocycles. The van der Waals surface area contributed by atoms with Gasteiger partial charge in [-0.05, 0) is 36.4 Å². The molecule has 21 heavy (non-hydrogen) atoms. The van der Waals surface area contributed by atoms with Gasteiger partial charge in [0.15, 0.2) is 0 Å². The number of benzene rings is 2. The van der Waals surface area contributed by atoms with Crippen molar-refractivity contribution in [3.05, 3.63) is 57.8 Å². The third kappa shape index (κ3) is 3.72. The highest BCUT2D eigenvalue weighted by Crippen LogP contribution is 2.24. The molecule has 0 aliphatic carbocycles. The summed E-state index contributed by atoms with van der Waals surface area (Å²) in [5.41, 5.74) is 6.55. The Bertz CT molecular complexity index is 676. The largest absolute Gasteiger partial charge is 0.497 e. The number of nitrogen functional groups attached to an aromatic ring is 1. The molecule has 2 rings (SSSR count). The Hall–Kier alpha value is -2.08. The first-order chi connectivity index (χ1) is 10.0. The molecular weight excluding hydrogens is 341 g/mol. The second-order valence-electron chi connectivity index (χ2n) is 4.27. The number of carbonyl (C=O) groups is 1. The van der Waals surface area contributed by atoms with Crippen LogP contribution in [-0.2, 0) is 11.3 Å². The molecule has 6 heteroatoms. The van der Waals surface area contributed by atoms with Gasteiger partial charge in [0.1, 0.15) is 18.2 Å². The first-order valence-corrected chi connectivity index (χ1v) is 6.85. The lowest BCUT2D eigenvalue weighted by Crippen LogP contribution is -2.09. The van der Waals surface area contributed by atoms with Crippen LogP contribution < -0.4 is 10.5 Å². The fraction of sp³-hybridized carbons (Fsp3) is 0.133. The third-order valence-electron chi connectivity index (χ3n) is 2.85. The van der Waals surface area contributed by atoms with E-state index >= 15 is 0 Å². The van der Waals surface area contributed by atoms with E-state index in [1.165, 1.54) is 12.1 Å². The minimum Gasteiger partial charge on any atom is -0.497 e. The van der Waals surface area contributed by atoms with Crippen LogP contribution in [0.1, 0.15) is 15.9 Å². The maximum absolute atomic E-state index is 13.1. The van der Waals surface area contributed by atoms with Gasteiger partial charge in [-0.25, -0.2) is 9.18 Å². The third-order valence-corrected chi connectivity index (χ3v) is 3.62. The van der Waals surface area contributed by atoms with Crippen LogP contribution in [0.4, 0.5) is 10.1 Å². The summed E-state index contributed by atoms with van der Waals surface area (Å²) < 4.78 is 24.2. The quantitative estimate of drug-likeness (QED) is 0.674. The standard InChI is InChI=1S/C15H13BrFNO3/c1-20-11-3-4-13(16)9(6-11)8-21-15(19)12-7-10(17)2-5-14(12)18/h2-7H,8,18H2,1H3. The van der Waals surface area contributed by atoms with Gasteiger partial charge in [-0.1, -0.05) is 15.9 Å².